The van der Waals surface area contributed by atoms with E-state index in [2.05, 4.69) is 40.4 Å². The molecule has 0 aliphatic rings. The number of hydrogen-bond donors (Lipinski definition) is 1. The molecule has 104 valence electrons. The Hall–Kier alpha value is -0.840. The minimum atomic E-state index is 0.351. The highest BCUT2D eigenvalue weighted by Crippen LogP contribution is 2.24. The molecule has 0 spiro atoms. The van der Waals surface area contributed by atoms with Crippen LogP contribution in [-0.2, 0) is 6.54 Å². The Morgan fingerprint density at radius 3 is 2.79 bits per heavy atom. The highest BCUT2D eigenvalue weighted by atomic mass is 35.5. The molecule has 0 saturated carbocycles. The first-order chi connectivity index (χ1) is 9.06. The maximum absolute atomic E-state index is 5.94. The van der Waals surface area contributed by atoms with Gasteiger partial charge >= 0.3 is 0 Å². The van der Waals surface area contributed by atoms with Crippen LogP contribution in [0.15, 0.2) is 17.5 Å². The summed E-state index contributed by atoms with van der Waals surface area (Å²) in [5, 5.41) is 10.1. The summed E-state index contributed by atoms with van der Waals surface area (Å²) in [4.78, 5) is 0. The molecule has 0 bridgehead atoms. The fourth-order valence-electron chi connectivity index (χ4n) is 2.12. The molecule has 1 N–H and O–H groups in total. The van der Waals surface area contributed by atoms with Gasteiger partial charge in [0.2, 0.25) is 0 Å². The Bertz CT molecular complexity index is 533. The van der Waals surface area contributed by atoms with Crippen molar-refractivity contribution in [1.82, 2.24) is 15.1 Å². The van der Waals surface area contributed by atoms with Gasteiger partial charge in [0.15, 0.2) is 0 Å². The zero-order valence-corrected chi connectivity index (χ0v) is 13.2. The van der Waals surface area contributed by atoms with E-state index < -0.39 is 0 Å². The molecule has 1 unspecified atom stereocenters. The molecule has 0 aliphatic carbocycles. The van der Waals surface area contributed by atoms with E-state index in [0.717, 1.165) is 29.5 Å². The maximum Gasteiger partial charge on any atom is 0.0931 e. The molecular weight excluding hydrogens is 278 g/mol. The molecule has 1 atom stereocenters. The summed E-state index contributed by atoms with van der Waals surface area (Å²) in [5.41, 5.74) is 3.59. The van der Waals surface area contributed by atoms with E-state index in [9.17, 15) is 0 Å². The van der Waals surface area contributed by atoms with Gasteiger partial charge in [0, 0.05) is 18.3 Å². The molecule has 3 nitrogen and oxygen atoms in total. The quantitative estimate of drug-likeness (QED) is 0.818. The van der Waals surface area contributed by atoms with Gasteiger partial charge in [-0.1, -0.05) is 11.6 Å². The number of nitrogens with zero attached hydrogens (tertiary/aromatic N) is 2. The number of nitrogens with one attached hydrogen (secondary N) is 1. The lowest BCUT2D eigenvalue weighted by molar-refractivity contribution is 0.501. The van der Waals surface area contributed by atoms with Crippen molar-refractivity contribution in [1.29, 1.82) is 0 Å². The largest absolute Gasteiger partial charge is 0.310 e. The van der Waals surface area contributed by atoms with Crippen LogP contribution >= 0.6 is 22.9 Å². The van der Waals surface area contributed by atoms with Crippen LogP contribution in [0.5, 0.6) is 0 Å². The third-order valence-corrected chi connectivity index (χ3v) is 4.30. The average molecular weight is 298 g/mol. The molecule has 0 aliphatic heterocycles. The van der Waals surface area contributed by atoms with Crippen LogP contribution in [0, 0.1) is 13.8 Å². The number of hydrogen-bond acceptors (Lipinski definition) is 3. The molecule has 2 heterocycles. The zero-order valence-electron chi connectivity index (χ0n) is 11.6. The summed E-state index contributed by atoms with van der Waals surface area (Å²) < 4.78 is 2.93. The molecule has 2 aromatic rings. The third kappa shape index (κ3) is 4.06. The number of halogens is 1. The van der Waals surface area contributed by atoms with Crippen molar-refractivity contribution in [2.75, 3.05) is 6.54 Å². The Morgan fingerprint density at radius 2 is 2.21 bits per heavy atom. The topological polar surface area (TPSA) is 29.9 Å². The van der Waals surface area contributed by atoms with E-state index in [4.69, 9.17) is 11.6 Å². The van der Waals surface area contributed by atoms with Gasteiger partial charge in [-0.25, -0.2) is 0 Å². The molecule has 19 heavy (non-hydrogen) atoms. The molecular formula is C14H20ClN3S. The van der Waals surface area contributed by atoms with Gasteiger partial charge in [-0.15, -0.1) is 11.3 Å². The highest BCUT2D eigenvalue weighted by Gasteiger charge is 2.07. The second-order valence-corrected chi connectivity index (χ2v) is 6.41. The number of aryl methyl sites for hydroxylation is 3. The van der Waals surface area contributed by atoms with Crippen LogP contribution in [0.1, 0.15) is 36.3 Å². The van der Waals surface area contributed by atoms with Crippen LogP contribution < -0.4 is 5.32 Å². The first-order valence-electron chi connectivity index (χ1n) is 6.54. The van der Waals surface area contributed by atoms with Crippen molar-refractivity contribution in [2.24, 2.45) is 0 Å². The smallest absolute Gasteiger partial charge is 0.0931 e. The first-order valence-corrected chi connectivity index (χ1v) is 7.80. The summed E-state index contributed by atoms with van der Waals surface area (Å²) in [7, 11) is 0. The van der Waals surface area contributed by atoms with Gasteiger partial charge in [-0.05, 0) is 56.8 Å². The van der Waals surface area contributed by atoms with E-state index in [0.29, 0.717) is 6.04 Å². The number of thiophene rings is 1. The van der Waals surface area contributed by atoms with E-state index in [-0.39, 0.29) is 0 Å². The monoisotopic (exact) mass is 297 g/mol. The summed E-state index contributed by atoms with van der Waals surface area (Å²) >= 11 is 7.53. The van der Waals surface area contributed by atoms with E-state index >= 15 is 0 Å². The molecule has 5 heteroatoms. The standard InChI is InChI=1S/C14H20ClN3S/c1-10-7-11(2)18(17-10)6-4-5-16-12(3)13-8-14(15)19-9-13/h7-9,12,16H,4-6H2,1-3H3. The van der Waals surface area contributed by atoms with Crippen molar-refractivity contribution in [3.63, 3.8) is 0 Å². The SMILES string of the molecule is Cc1cc(C)n(CCCNC(C)c2csc(Cl)c2)n1. The minimum absolute atomic E-state index is 0.351. The molecule has 0 radical (unpaired) electrons. The minimum Gasteiger partial charge on any atom is -0.310 e. The van der Waals surface area contributed by atoms with Gasteiger partial charge < -0.3 is 5.32 Å². The highest BCUT2D eigenvalue weighted by molar-refractivity contribution is 7.14. The summed E-state index contributed by atoms with van der Waals surface area (Å²) in [6.07, 6.45) is 1.07. The van der Waals surface area contributed by atoms with Crippen LogP contribution in [0.4, 0.5) is 0 Å². The molecule has 0 fully saturated rings. The summed E-state index contributed by atoms with van der Waals surface area (Å²) in [5.74, 6) is 0. The van der Waals surface area contributed by atoms with E-state index in [1.54, 1.807) is 11.3 Å². The van der Waals surface area contributed by atoms with Crippen LogP contribution in [0.3, 0.4) is 0 Å². The maximum atomic E-state index is 5.94. The lowest BCUT2D eigenvalue weighted by Gasteiger charge is -2.12. The van der Waals surface area contributed by atoms with Crippen molar-refractivity contribution >= 4 is 22.9 Å². The Kier molecular flexibility index (Phi) is 5.02. The average Bonchev–Trinajstić information content (AvgIpc) is 2.91. The van der Waals surface area contributed by atoms with Crippen molar-refractivity contribution in [2.45, 2.75) is 39.8 Å². The van der Waals surface area contributed by atoms with Crippen molar-refractivity contribution in [3.05, 3.63) is 38.8 Å². The van der Waals surface area contributed by atoms with Gasteiger partial charge in [-0.2, -0.15) is 5.10 Å². The first kappa shape index (κ1) is 14.6. The fourth-order valence-corrected chi connectivity index (χ4v) is 3.10. The normalized spacial score (nSPS) is 12.8. The lowest BCUT2D eigenvalue weighted by atomic mass is 10.2. The zero-order chi connectivity index (χ0) is 13.8. The molecule has 0 aromatic carbocycles. The Morgan fingerprint density at radius 1 is 1.42 bits per heavy atom. The van der Waals surface area contributed by atoms with Crippen LogP contribution in [-0.4, -0.2) is 16.3 Å². The predicted octanol–water partition coefficient (Wildman–Crippen LogP) is 3.96. The van der Waals surface area contributed by atoms with E-state index in [1.165, 1.54) is 11.3 Å². The van der Waals surface area contributed by atoms with Gasteiger partial charge in [0.05, 0.1) is 10.0 Å². The third-order valence-electron chi connectivity index (χ3n) is 3.19. The van der Waals surface area contributed by atoms with Crippen LogP contribution in [0.25, 0.3) is 0 Å². The van der Waals surface area contributed by atoms with Crippen LogP contribution in [0.2, 0.25) is 4.34 Å². The number of rotatable bonds is 6. The van der Waals surface area contributed by atoms with Crippen molar-refractivity contribution in [3.8, 4) is 0 Å². The summed E-state index contributed by atoms with van der Waals surface area (Å²) in [6, 6.07) is 4.50. The predicted molar refractivity (Wildman–Crippen MR) is 82.1 cm³/mol. The van der Waals surface area contributed by atoms with Gasteiger partial charge in [-0.3, -0.25) is 4.68 Å². The van der Waals surface area contributed by atoms with E-state index in [1.807, 2.05) is 13.0 Å². The van der Waals surface area contributed by atoms with Gasteiger partial charge in [0.1, 0.15) is 0 Å². The molecule has 0 amide bonds. The Labute approximate surface area is 123 Å². The molecule has 2 aromatic heterocycles. The molecule has 2 rings (SSSR count). The fraction of sp³-hybridized carbons (Fsp3) is 0.500. The van der Waals surface area contributed by atoms with Gasteiger partial charge in [0.25, 0.3) is 0 Å². The summed E-state index contributed by atoms with van der Waals surface area (Å²) in [6.45, 7) is 8.24. The number of aromatic nitrogens is 2. The Balaban J connectivity index is 1.73. The second kappa shape index (κ2) is 6.55. The second-order valence-electron chi connectivity index (χ2n) is 4.86. The molecule has 0 saturated heterocycles. The lowest BCUT2D eigenvalue weighted by Crippen LogP contribution is -2.21. The van der Waals surface area contributed by atoms with Crippen molar-refractivity contribution < 1.29 is 0 Å².